The van der Waals surface area contributed by atoms with E-state index in [4.69, 9.17) is 22.1 Å². The van der Waals surface area contributed by atoms with Crippen LogP contribution in [0.1, 0.15) is 5.56 Å². The summed E-state index contributed by atoms with van der Waals surface area (Å²) in [5.41, 5.74) is 1.63. The number of alkyl halides is 1. The molecule has 0 aliphatic carbocycles. The average Bonchev–Trinajstić information content (AvgIpc) is 2.27. The second kappa shape index (κ2) is 5.56. The number of hydrogen-bond donors (Lipinski definition) is 0. The molecule has 2 nitrogen and oxygen atoms in total. The third-order valence-electron chi connectivity index (χ3n) is 1.85. The third-order valence-corrected chi connectivity index (χ3v) is 2.66. The Kier molecular flexibility index (Phi) is 4.37. The summed E-state index contributed by atoms with van der Waals surface area (Å²) in [6, 6.07) is 10.8. The number of allylic oxidation sites excluding steroid dienone is 2. The van der Waals surface area contributed by atoms with Crippen LogP contribution in [0.3, 0.4) is 0 Å². The van der Waals surface area contributed by atoms with Gasteiger partial charge in [-0.2, -0.15) is 10.5 Å². The zero-order valence-electron chi connectivity index (χ0n) is 7.67. The molecule has 0 saturated heterocycles. The lowest BCUT2D eigenvalue weighted by Gasteiger charge is -2.03. The number of nitriles is 2. The molecule has 1 rings (SSSR count). The largest absolute Gasteiger partial charge is 0.192 e. The lowest BCUT2D eigenvalue weighted by Crippen LogP contribution is -1.90. The Morgan fingerprint density at radius 2 is 1.73 bits per heavy atom. The van der Waals surface area contributed by atoms with E-state index >= 15 is 0 Å². The summed E-state index contributed by atoms with van der Waals surface area (Å²) < 4.78 is 0. The number of hydrogen-bond acceptors (Lipinski definition) is 2. The van der Waals surface area contributed by atoms with Crippen LogP contribution in [0, 0.1) is 22.7 Å². The maximum absolute atomic E-state index is 8.77. The summed E-state index contributed by atoms with van der Waals surface area (Å²) in [4.78, 5) is 0. The molecule has 0 atom stereocenters. The van der Waals surface area contributed by atoms with E-state index in [-0.39, 0.29) is 5.57 Å². The molecule has 0 N–H and O–H groups in total. The van der Waals surface area contributed by atoms with Gasteiger partial charge in [0.2, 0.25) is 0 Å². The van der Waals surface area contributed by atoms with Crippen molar-refractivity contribution in [1.29, 1.82) is 10.5 Å². The van der Waals surface area contributed by atoms with Gasteiger partial charge in [0.15, 0.2) is 0 Å². The van der Waals surface area contributed by atoms with E-state index in [1.807, 2.05) is 12.1 Å². The molecule has 0 heterocycles. The summed E-state index contributed by atoms with van der Waals surface area (Å²) in [6.07, 6.45) is 0. The monoisotopic (exact) mass is 280 g/mol. The number of nitrogens with zero attached hydrogens (tertiary/aromatic N) is 2. The van der Waals surface area contributed by atoms with Crippen LogP contribution in [-0.4, -0.2) is 5.33 Å². The minimum Gasteiger partial charge on any atom is -0.192 e. The summed E-state index contributed by atoms with van der Waals surface area (Å²) >= 11 is 9.01. The number of halogens is 2. The van der Waals surface area contributed by atoms with Crippen LogP contribution in [0.25, 0.3) is 5.57 Å². The highest BCUT2D eigenvalue weighted by Crippen LogP contribution is 2.22. The maximum Gasteiger partial charge on any atom is 0.134 e. The van der Waals surface area contributed by atoms with Crippen LogP contribution < -0.4 is 0 Å². The quantitative estimate of drug-likeness (QED) is 0.615. The van der Waals surface area contributed by atoms with Gasteiger partial charge in [0.25, 0.3) is 0 Å². The fraction of sp³-hybridized carbons (Fsp3) is 0.0909. The molecule has 0 amide bonds. The molecule has 0 bridgehead atoms. The van der Waals surface area contributed by atoms with Gasteiger partial charge in [-0.15, -0.1) is 0 Å². The number of rotatable bonds is 2. The van der Waals surface area contributed by atoms with Crippen LogP contribution in [0.2, 0.25) is 5.02 Å². The van der Waals surface area contributed by atoms with E-state index in [2.05, 4.69) is 15.9 Å². The fourth-order valence-electron chi connectivity index (χ4n) is 1.10. The van der Waals surface area contributed by atoms with Crippen LogP contribution in [0.4, 0.5) is 0 Å². The zero-order valence-corrected chi connectivity index (χ0v) is 10.0. The van der Waals surface area contributed by atoms with Crippen molar-refractivity contribution in [2.75, 3.05) is 5.33 Å². The summed E-state index contributed by atoms with van der Waals surface area (Å²) in [6.45, 7) is 0. The van der Waals surface area contributed by atoms with Gasteiger partial charge in [0.1, 0.15) is 17.7 Å². The zero-order chi connectivity index (χ0) is 11.3. The minimum atomic E-state index is 0.120. The lowest BCUT2D eigenvalue weighted by atomic mass is 10.0. The Labute approximate surface area is 102 Å². The average molecular weight is 282 g/mol. The van der Waals surface area contributed by atoms with E-state index in [0.29, 0.717) is 15.9 Å². The Bertz CT molecular complexity index is 447. The molecular formula is C11H6BrClN2. The second-order valence-electron chi connectivity index (χ2n) is 2.72. The van der Waals surface area contributed by atoms with Gasteiger partial charge in [0, 0.05) is 10.4 Å². The highest BCUT2D eigenvalue weighted by molar-refractivity contribution is 9.09. The van der Waals surface area contributed by atoms with Crippen molar-refractivity contribution in [1.82, 2.24) is 0 Å². The smallest absolute Gasteiger partial charge is 0.134 e. The van der Waals surface area contributed by atoms with Gasteiger partial charge in [-0.25, -0.2) is 0 Å². The summed E-state index contributed by atoms with van der Waals surface area (Å²) in [5.74, 6) is 0. The first-order chi connectivity index (χ1) is 7.22. The van der Waals surface area contributed by atoms with Crippen LogP contribution in [0.15, 0.2) is 29.8 Å². The molecule has 0 aromatic heterocycles. The molecule has 15 heavy (non-hydrogen) atoms. The molecule has 0 radical (unpaired) electrons. The summed E-state index contributed by atoms with van der Waals surface area (Å²) in [7, 11) is 0. The highest BCUT2D eigenvalue weighted by Gasteiger charge is 2.07. The van der Waals surface area contributed by atoms with E-state index < -0.39 is 0 Å². The molecule has 0 aliphatic heterocycles. The maximum atomic E-state index is 8.77. The first-order valence-electron chi connectivity index (χ1n) is 4.08. The Morgan fingerprint density at radius 3 is 2.13 bits per heavy atom. The van der Waals surface area contributed by atoms with Crippen molar-refractivity contribution in [3.8, 4) is 12.1 Å². The molecule has 0 saturated carbocycles. The molecule has 1 aromatic rings. The number of benzene rings is 1. The molecule has 0 spiro atoms. The molecule has 4 heteroatoms. The molecule has 1 aromatic carbocycles. The van der Waals surface area contributed by atoms with E-state index in [0.717, 1.165) is 5.56 Å². The first-order valence-corrected chi connectivity index (χ1v) is 5.58. The van der Waals surface area contributed by atoms with Crippen LogP contribution >= 0.6 is 27.5 Å². The van der Waals surface area contributed by atoms with Crippen molar-refractivity contribution in [3.63, 3.8) is 0 Å². The van der Waals surface area contributed by atoms with E-state index in [1.54, 1.807) is 24.3 Å². The Balaban J connectivity index is 3.27. The van der Waals surface area contributed by atoms with Crippen molar-refractivity contribution in [2.45, 2.75) is 0 Å². The van der Waals surface area contributed by atoms with Gasteiger partial charge in [-0.1, -0.05) is 39.7 Å². The normalized spacial score (nSPS) is 8.80. The fourth-order valence-corrected chi connectivity index (χ4v) is 1.83. The predicted molar refractivity (Wildman–Crippen MR) is 63.4 cm³/mol. The standard InChI is InChI=1S/C11H6BrClN2/c12-5-11(9(6-14)7-15)8-1-3-10(13)4-2-8/h1-4H,5H2. The van der Waals surface area contributed by atoms with Gasteiger partial charge in [0.05, 0.1) is 0 Å². The van der Waals surface area contributed by atoms with E-state index in [1.165, 1.54) is 0 Å². The van der Waals surface area contributed by atoms with Crippen LogP contribution in [0.5, 0.6) is 0 Å². The van der Waals surface area contributed by atoms with Crippen LogP contribution in [-0.2, 0) is 0 Å². The van der Waals surface area contributed by atoms with Gasteiger partial charge in [-0.3, -0.25) is 0 Å². The second-order valence-corrected chi connectivity index (χ2v) is 3.71. The Morgan fingerprint density at radius 1 is 1.20 bits per heavy atom. The van der Waals surface area contributed by atoms with Gasteiger partial charge in [-0.05, 0) is 23.3 Å². The molecule has 0 unspecified atom stereocenters. The SMILES string of the molecule is N#CC(C#N)=C(CBr)c1ccc(Cl)cc1. The first kappa shape index (κ1) is 11.8. The third kappa shape index (κ3) is 2.83. The van der Waals surface area contributed by atoms with Crippen molar-refractivity contribution in [3.05, 3.63) is 40.4 Å². The summed E-state index contributed by atoms with van der Waals surface area (Å²) in [5, 5.41) is 18.6. The lowest BCUT2D eigenvalue weighted by molar-refractivity contribution is 1.45. The molecule has 74 valence electrons. The Hall–Kier alpha value is -1.29. The molecule has 0 fully saturated rings. The topological polar surface area (TPSA) is 47.6 Å². The van der Waals surface area contributed by atoms with Crippen molar-refractivity contribution in [2.24, 2.45) is 0 Å². The molecule has 0 aliphatic rings. The van der Waals surface area contributed by atoms with E-state index in [9.17, 15) is 0 Å². The van der Waals surface area contributed by atoms with Gasteiger partial charge < -0.3 is 0 Å². The minimum absolute atomic E-state index is 0.120. The van der Waals surface area contributed by atoms with Crippen molar-refractivity contribution >= 4 is 33.1 Å². The molecular weight excluding hydrogens is 275 g/mol. The highest BCUT2D eigenvalue weighted by atomic mass is 79.9. The van der Waals surface area contributed by atoms with Gasteiger partial charge >= 0.3 is 0 Å². The predicted octanol–water partition coefficient (Wildman–Crippen LogP) is 3.54. The van der Waals surface area contributed by atoms with Crippen molar-refractivity contribution < 1.29 is 0 Å².